The van der Waals surface area contributed by atoms with Crippen molar-refractivity contribution in [2.45, 2.75) is 10.6 Å². The number of nitrogens with zero attached hydrogens (tertiary/aromatic N) is 1. The van der Waals surface area contributed by atoms with Crippen molar-refractivity contribution in [1.29, 1.82) is 0 Å². The van der Waals surface area contributed by atoms with E-state index in [0.29, 0.717) is 22.6 Å². The average molecular weight is 300 g/mol. The molecular formula is C11H12N2O4S2. The van der Waals surface area contributed by atoms with Crippen molar-refractivity contribution in [3.8, 4) is 0 Å². The van der Waals surface area contributed by atoms with Gasteiger partial charge in [0.15, 0.2) is 9.84 Å². The molecule has 0 radical (unpaired) electrons. The number of aromatic nitrogens is 2. The summed E-state index contributed by atoms with van der Waals surface area (Å²) >= 11 is 1.20. The van der Waals surface area contributed by atoms with Crippen molar-refractivity contribution < 1.29 is 18.3 Å². The molecule has 0 aliphatic rings. The highest BCUT2D eigenvalue weighted by Gasteiger charge is 2.15. The number of rotatable bonds is 5. The third-order valence-corrected chi connectivity index (χ3v) is 4.45. The average Bonchev–Trinajstić information content (AvgIpc) is 2.69. The smallest absolute Gasteiger partial charge is 0.313 e. The van der Waals surface area contributed by atoms with Crippen LogP contribution in [0.15, 0.2) is 23.1 Å². The van der Waals surface area contributed by atoms with E-state index in [-0.39, 0.29) is 10.6 Å². The summed E-state index contributed by atoms with van der Waals surface area (Å²) in [6.07, 6.45) is 1.13. The normalized spacial score (nSPS) is 11.8. The van der Waals surface area contributed by atoms with Crippen molar-refractivity contribution >= 4 is 38.6 Å². The molecule has 1 heterocycles. The predicted molar refractivity (Wildman–Crippen MR) is 73.0 cm³/mol. The highest BCUT2D eigenvalue weighted by Crippen LogP contribution is 2.22. The molecule has 0 saturated heterocycles. The van der Waals surface area contributed by atoms with Crippen LogP contribution in [0.2, 0.25) is 0 Å². The number of hydrogen-bond acceptors (Lipinski definition) is 5. The molecule has 102 valence electrons. The number of benzene rings is 1. The Morgan fingerprint density at radius 3 is 2.84 bits per heavy atom. The summed E-state index contributed by atoms with van der Waals surface area (Å²) in [5.74, 6) is 0.0514. The first-order valence-electron chi connectivity index (χ1n) is 5.35. The summed E-state index contributed by atoms with van der Waals surface area (Å²) in [7, 11) is -3.33. The lowest BCUT2D eigenvalue weighted by Crippen LogP contribution is -1.99. The summed E-state index contributed by atoms with van der Waals surface area (Å²) in [4.78, 5) is 17.8. The van der Waals surface area contributed by atoms with E-state index >= 15 is 0 Å². The van der Waals surface area contributed by atoms with E-state index in [4.69, 9.17) is 5.11 Å². The number of H-pyrrole nitrogens is 1. The van der Waals surface area contributed by atoms with E-state index in [0.717, 1.165) is 6.26 Å². The maximum atomic E-state index is 11.6. The summed E-state index contributed by atoms with van der Waals surface area (Å²) < 4.78 is 23.2. The van der Waals surface area contributed by atoms with Gasteiger partial charge in [-0.15, -0.1) is 11.8 Å². The number of carboxylic acid groups (broad SMARTS) is 1. The van der Waals surface area contributed by atoms with Crippen molar-refractivity contribution in [3.05, 3.63) is 24.0 Å². The van der Waals surface area contributed by atoms with Gasteiger partial charge in [-0.1, -0.05) is 6.07 Å². The molecule has 0 aliphatic carbocycles. The summed E-state index contributed by atoms with van der Waals surface area (Å²) in [5.41, 5.74) is 1.03. The van der Waals surface area contributed by atoms with Crippen LogP contribution < -0.4 is 0 Å². The van der Waals surface area contributed by atoms with Gasteiger partial charge in [-0.2, -0.15) is 0 Å². The SMILES string of the molecule is CS(=O)(=O)c1cccc2[nH]c(CSCC(=O)O)nc12. The lowest BCUT2D eigenvalue weighted by atomic mass is 10.3. The van der Waals surface area contributed by atoms with Gasteiger partial charge in [0.25, 0.3) is 0 Å². The zero-order valence-corrected chi connectivity index (χ0v) is 11.7. The minimum Gasteiger partial charge on any atom is -0.481 e. The van der Waals surface area contributed by atoms with Crippen LogP contribution in [0.4, 0.5) is 0 Å². The number of carbonyl (C=O) groups is 1. The number of nitrogens with one attached hydrogen (secondary N) is 1. The van der Waals surface area contributed by atoms with E-state index in [1.54, 1.807) is 12.1 Å². The quantitative estimate of drug-likeness (QED) is 0.863. The second-order valence-electron chi connectivity index (χ2n) is 3.99. The second-order valence-corrected chi connectivity index (χ2v) is 6.96. The fourth-order valence-corrected chi connectivity index (χ4v) is 3.10. The molecular weight excluding hydrogens is 288 g/mol. The van der Waals surface area contributed by atoms with Crippen LogP contribution in [0.25, 0.3) is 11.0 Å². The molecule has 0 bridgehead atoms. The highest BCUT2D eigenvalue weighted by atomic mass is 32.2. The Balaban J connectivity index is 2.33. The van der Waals surface area contributed by atoms with Crippen LogP contribution in [-0.2, 0) is 20.4 Å². The number of sulfone groups is 1. The van der Waals surface area contributed by atoms with Gasteiger partial charge >= 0.3 is 5.97 Å². The topological polar surface area (TPSA) is 100 Å². The Morgan fingerprint density at radius 1 is 1.47 bits per heavy atom. The number of aromatic amines is 1. The zero-order valence-electron chi connectivity index (χ0n) is 10.1. The maximum Gasteiger partial charge on any atom is 0.313 e. The Morgan fingerprint density at radius 2 is 2.21 bits per heavy atom. The molecule has 0 aliphatic heterocycles. The number of fused-ring (bicyclic) bond motifs is 1. The van der Waals surface area contributed by atoms with Gasteiger partial charge in [-0.3, -0.25) is 4.79 Å². The molecule has 0 saturated carbocycles. The predicted octanol–water partition coefficient (Wildman–Crippen LogP) is 1.28. The second kappa shape index (κ2) is 5.22. The van der Waals surface area contributed by atoms with Crippen LogP contribution in [0.5, 0.6) is 0 Å². The molecule has 0 unspecified atom stereocenters. The third kappa shape index (κ3) is 3.27. The lowest BCUT2D eigenvalue weighted by Gasteiger charge is -1.97. The van der Waals surface area contributed by atoms with Gasteiger partial charge < -0.3 is 10.1 Å². The van der Waals surface area contributed by atoms with E-state index in [1.807, 2.05) is 0 Å². The number of aliphatic carboxylic acids is 1. The Hall–Kier alpha value is -1.54. The van der Waals surface area contributed by atoms with Crippen LogP contribution in [0.1, 0.15) is 5.82 Å². The third-order valence-electron chi connectivity index (χ3n) is 2.39. The molecule has 0 atom stereocenters. The Kier molecular flexibility index (Phi) is 3.81. The Labute approximate surface area is 114 Å². The summed E-state index contributed by atoms with van der Waals surface area (Å²) in [5, 5.41) is 8.55. The van der Waals surface area contributed by atoms with Crippen LogP contribution in [-0.4, -0.2) is 41.5 Å². The molecule has 1 aromatic carbocycles. The molecule has 0 amide bonds. The number of carboxylic acids is 1. The van der Waals surface area contributed by atoms with Crippen molar-refractivity contribution in [3.63, 3.8) is 0 Å². The molecule has 19 heavy (non-hydrogen) atoms. The van der Waals surface area contributed by atoms with Crippen LogP contribution >= 0.6 is 11.8 Å². The Bertz CT molecular complexity index is 721. The van der Waals surface area contributed by atoms with Crippen LogP contribution in [0, 0.1) is 0 Å². The highest BCUT2D eigenvalue weighted by molar-refractivity contribution is 7.99. The monoisotopic (exact) mass is 300 g/mol. The molecule has 8 heteroatoms. The molecule has 1 aromatic heterocycles. The van der Waals surface area contributed by atoms with Crippen molar-refractivity contribution in [2.75, 3.05) is 12.0 Å². The zero-order chi connectivity index (χ0) is 14.0. The van der Waals surface area contributed by atoms with Gasteiger partial charge in [-0.05, 0) is 12.1 Å². The van der Waals surface area contributed by atoms with E-state index in [9.17, 15) is 13.2 Å². The van der Waals surface area contributed by atoms with Gasteiger partial charge in [0, 0.05) is 6.26 Å². The summed E-state index contributed by atoms with van der Waals surface area (Å²) in [6, 6.07) is 4.89. The lowest BCUT2D eigenvalue weighted by molar-refractivity contribution is -0.133. The maximum absolute atomic E-state index is 11.6. The molecule has 2 N–H and O–H groups in total. The van der Waals surface area contributed by atoms with E-state index < -0.39 is 15.8 Å². The van der Waals surface area contributed by atoms with E-state index in [2.05, 4.69) is 9.97 Å². The first-order chi connectivity index (χ1) is 8.88. The minimum absolute atomic E-state index is 0.0179. The largest absolute Gasteiger partial charge is 0.481 e. The van der Waals surface area contributed by atoms with Crippen LogP contribution in [0.3, 0.4) is 0 Å². The van der Waals surface area contributed by atoms with Gasteiger partial charge in [0.2, 0.25) is 0 Å². The van der Waals surface area contributed by atoms with Gasteiger partial charge in [0.1, 0.15) is 11.3 Å². The standard InChI is InChI=1S/C11H12N2O4S2/c1-19(16,17)8-4-2-3-7-11(8)13-9(12-7)5-18-6-10(14)15/h2-4H,5-6H2,1H3,(H,12,13)(H,14,15). The molecule has 6 nitrogen and oxygen atoms in total. The first-order valence-corrected chi connectivity index (χ1v) is 8.40. The first kappa shape index (κ1) is 13.9. The fourth-order valence-electron chi connectivity index (χ4n) is 1.66. The summed E-state index contributed by atoms with van der Waals surface area (Å²) in [6.45, 7) is 0. The number of imidazole rings is 1. The van der Waals surface area contributed by atoms with E-state index in [1.165, 1.54) is 17.8 Å². The number of hydrogen-bond donors (Lipinski definition) is 2. The number of thioether (sulfide) groups is 1. The molecule has 0 spiro atoms. The van der Waals surface area contributed by atoms with Crippen molar-refractivity contribution in [2.24, 2.45) is 0 Å². The van der Waals surface area contributed by atoms with Gasteiger partial charge in [-0.25, -0.2) is 13.4 Å². The molecule has 2 aromatic rings. The molecule has 2 rings (SSSR count). The number of para-hydroxylation sites is 1. The van der Waals surface area contributed by atoms with Crippen molar-refractivity contribution in [1.82, 2.24) is 9.97 Å². The van der Waals surface area contributed by atoms with Gasteiger partial charge in [0.05, 0.1) is 21.9 Å². The minimum atomic E-state index is -3.33. The fraction of sp³-hybridized carbons (Fsp3) is 0.273. The molecule has 0 fully saturated rings.